The highest BCUT2D eigenvalue weighted by molar-refractivity contribution is 6.35. The van der Waals surface area contributed by atoms with E-state index in [1.54, 1.807) is 6.20 Å². The third-order valence-corrected chi connectivity index (χ3v) is 4.42. The average Bonchev–Trinajstić information content (AvgIpc) is 2.90. The van der Waals surface area contributed by atoms with Crippen molar-refractivity contribution >= 4 is 34.1 Å². The van der Waals surface area contributed by atoms with Crippen LogP contribution in [0.5, 0.6) is 0 Å². The van der Waals surface area contributed by atoms with Crippen LogP contribution in [0.3, 0.4) is 0 Å². The number of amides is 1. The largest absolute Gasteiger partial charge is 0.328 e. The quantitative estimate of drug-likeness (QED) is 0.894. The third kappa shape index (κ3) is 2.74. The summed E-state index contributed by atoms with van der Waals surface area (Å²) in [6.07, 6.45) is 4.23. The van der Waals surface area contributed by atoms with Crippen LogP contribution in [0, 0.1) is 12.8 Å². The fourth-order valence-corrected chi connectivity index (χ4v) is 3.30. The Bertz CT molecular complexity index is 701. The maximum atomic E-state index is 12.4. The molecule has 1 saturated carbocycles. The van der Waals surface area contributed by atoms with Gasteiger partial charge in [-0.3, -0.25) is 9.78 Å². The summed E-state index contributed by atoms with van der Waals surface area (Å²) in [6, 6.07) is 5.75. The van der Waals surface area contributed by atoms with Crippen LogP contribution in [0.2, 0.25) is 5.02 Å². The molecule has 0 radical (unpaired) electrons. The maximum absolute atomic E-state index is 12.4. The number of hydrogen-bond donors (Lipinski definition) is 2. The number of benzene rings is 1. The van der Waals surface area contributed by atoms with Crippen molar-refractivity contribution in [3.05, 3.63) is 35.0 Å². The first-order chi connectivity index (χ1) is 10.1. The van der Waals surface area contributed by atoms with Crippen LogP contribution in [0.25, 0.3) is 10.9 Å². The fraction of sp³-hybridized carbons (Fsp3) is 0.375. The van der Waals surface area contributed by atoms with Gasteiger partial charge in [0, 0.05) is 23.5 Å². The van der Waals surface area contributed by atoms with Gasteiger partial charge in [-0.15, -0.1) is 0 Å². The number of rotatable bonds is 2. The van der Waals surface area contributed by atoms with Crippen LogP contribution in [-0.2, 0) is 4.79 Å². The monoisotopic (exact) mass is 303 g/mol. The summed E-state index contributed by atoms with van der Waals surface area (Å²) in [5.41, 5.74) is 8.39. The minimum Gasteiger partial charge on any atom is -0.328 e. The van der Waals surface area contributed by atoms with Crippen molar-refractivity contribution in [2.45, 2.75) is 32.2 Å². The summed E-state index contributed by atoms with van der Waals surface area (Å²) in [5.74, 6) is -0.0250. The molecule has 2 unspecified atom stereocenters. The maximum Gasteiger partial charge on any atom is 0.227 e. The van der Waals surface area contributed by atoms with Gasteiger partial charge in [0.1, 0.15) is 0 Å². The highest BCUT2D eigenvalue weighted by Gasteiger charge is 2.28. The molecule has 3 rings (SSSR count). The number of nitrogens with zero attached hydrogens (tertiary/aromatic N) is 1. The van der Waals surface area contributed by atoms with E-state index >= 15 is 0 Å². The van der Waals surface area contributed by atoms with Crippen molar-refractivity contribution < 1.29 is 4.79 Å². The zero-order chi connectivity index (χ0) is 15.0. The number of nitrogens with one attached hydrogen (secondary N) is 1. The molecule has 1 aromatic carbocycles. The van der Waals surface area contributed by atoms with Crippen LogP contribution >= 0.6 is 11.6 Å². The van der Waals surface area contributed by atoms with Gasteiger partial charge >= 0.3 is 0 Å². The molecule has 110 valence electrons. The first kappa shape index (κ1) is 14.3. The van der Waals surface area contributed by atoms with Crippen molar-refractivity contribution in [3.8, 4) is 0 Å². The highest BCUT2D eigenvalue weighted by Crippen LogP contribution is 2.34. The van der Waals surface area contributed by atoms with Gasteiger partial charge in [0.15, 0.2) is 0 Å². The van der Waals surface area contributed by atoms with Gasteiger partial charge in [0.25, 0.3) is 0 Å². The second-order valence-corrected chi connectivity index (χ2v) is 6.12. The van der Waals surface area contributed by atoms with E-state index in [0.717, 1.165) is 35.7 Å². The smallest absolute Gasteiger partial charge is 0.227 e. The molecule has 3 N–H and O–H groups in total. The number of aryl methyl sites for hydroxylation is 1. The van der Waals surface area contributed by atoms with Crippen molar-refractivity contribution in [2.24, 2.45) is 11.7 Å². The number of fused-ring (bicyclic) bond motifs is 1. The van der Waals surface area contributed by atoms with E-state index in [4.69, 9.17) is 17.3 Å². The number of nitrogens with two attached hydrogens (primary N) is 1. The molecule has 1 fully saturated rings. The molecule has 2 aromatic rings. The molecule has 1 aliphatic rings. The Morgan fingerprint density at radius 2 is 2.29 bits per heavy atom. The third-order valence-electron chi connectivity index (χ3n) is 4.12. The van der Waals surface area contributed by atoms with Gasteiger partial charge in [-0.05, 0) is 49.9 Å². The van der Waals surface area contributed by atoms with E-state index in [2.05, 4.69) is 10.3 Å². The van der Waals surface area contributed by atoms with E-state index in [1.807, 2.05) is 25.1 Å². The number of anilines is 1. The molecule has 1 heterocycles. The summed E-state index contributed by atoms with van der Waals surface area (Å²) in [7, 11) is 0. The number of carbonyl (C=O) groups is 1. The van der Waals surface area contributed by atoms with E-state index in [9.17, 15) is 4.79 Å². The molecule has 0 spiro atoms. The number of halogens is 1. The van der Waals surface area contributed by atoms with E-state index in [1.165, 1.54) is 0 Å². The Morgan fingerprint density at radius 1 is 1.48 bits per heavy atom. The predicted octanol–water partition coefficient (Wildman–Crippen LogP) is 3.26. The van der Waals surface area contributed by atoms with Gasteiger partial charge in [0.05, 0.1) is 16.2 Å². The van der Waals surface area contributed by atoms with Gasteiger partial charge in [-0.25, -0.2) is 0 Å². The lowest BCUT2D eigenvalue weighted by molar-refractivity contribution is -0.119. The van der Waals surface area contributed by atoms with Gasteiger partial charge in [-0.2, -0.15) is 0 Å². The number of carbonyl (C=O) groups excluding carboxylic acids is 1. The molecule has 21 heavy (non-hydrogen) atoms. The van der Waals surface area contributed by atoms with Crippen LogP contribution < -0.4 is 11.1 Å². The minimum absolute atomic E-state index is 0.00106. The molecule has 0 saturated heterocycles. The van der Waals surface area contributed by atoms with Gasteiger partial charge in [-0.1, -0.05) is 11.6 Å². The zero-order valence-electron chi connectivity index (χ0n) is 11.9. The summed E-state index contributed by atoms with van der Waals surface area (Å²) in [6.45, 7) is 1.96. The summed E-state index contributed by atoms with van der Waals surface area (Å²) >= 11 is 6.32. The van der Waals surface area contributed by atoms with Crippen LogP contribution in [0.15, 0.2) is 24.4 Å². The van der Waals surface area contributed by atoms with Crippen molar-refractivity contribution in [2.75, 3.05) is 5.32 Å². The van der Waals surface area contributed by atoms with Gasteiger partial charge < -0.3 is 11.1 Å². The second-order valence-electron chi connectivity index (χ2n) is 5.71. The van der Waals surface area contributed by atoms with E-state index in [-0.39, 0.29) is 17.9 Å². The first-order valence-electron chi connectivity index (χ1n) is 7.16. The molecule has 1 aliphatic carbocycles. The Balaban J connectivity index is 1.95. The van der Waals surface area contributed by atoms with Crippen LogP contribution in [-0.4, -0.2) is 16.9 Å². The topological polar surface area (TPSA) is 68.0 Å². The minimum atomic E-state index is -0.0240. The van der Waals surface area contributed by atoms with Crippen molar-refractivity contribution in [1.82, 2.24) is 4.98 Å². The lowest BCUT2D eigenvalue weighted by atomic mass is 10.1. The predicted molar refractivity (Wildman–Crippen MR) is 85.4 cm³/mol. The Labute approximate surface area is 128 Å². The lowest BCUT2D eigenvalue weighted by Crippen LogP contribution is -2.23. The zero-order valence-corrected chi connectivity index (χ0v) is 12.7. The van der Waals surface area contributed by atoms with Crippen LogP contribution in [0.1, 0.15) is 24.8 Å². The first-order valence-corrected chi connectivity index (χ1v) is 7.54. The Hall–Kier alpha value is -1.65. The Kier molecular flexibility index (Phi) is 3.83. The summed E-state index contributed by atoms with van der Waals surface area (Å²) in [5, 5.41) is 4.39. The number of hydrogen-bond acceptors (Lipinski definition) is 3. The lowest BCUT2D eigenvalue weighted by Gasteiger charge is -2.15. The molecule has 0 bridgehead atoms. The molecule has 5 heteroatoms. The normalized spacial score (nSPS) is 21.7. The van der Waals surface area contributed by atoms with Gasteiger partial charge in [0.2, 0.25) is 5.91 Å². The average molecular weight is 304 g/mol. The summed E-state index contributed by atoms with van der Waals surface area (Å²) in [4.78, 5) is 16.8. The second kappa shape index (κ2) is 5.62. The standard InChI is InChI=1S/C16H18ClN3O/c1-9-7-13(17)15(12-3-2-6-19-14(9)12)20-16(21)10-4-5-11(18)8-10/h2-3,6-7,10-11H,4-5,8,18H2,1H3,(H,20,21). The number of aromatic nitrogens is 1. The summed E-state index contributed by atoms with van der Waals surface area (Å²) < 4.78 is 0. The molecule has 0 aliphatic heterocycles. The highest BCUT2D eigenvalue weighted by atomic mass is 35.5. The number of pyridine rings is 1. The Morgan fingerprint density at radius 3 is 3.00 bits per heavy atom. The SMILES string of the molecule is Cc1cc(Cl)c(NC(=O)C2CCC(N)C2)c2cccnc12. The fourth-order valence-electron chi connectivity index (χ4n) is 2.99. The van der Waals surface area contributed by atoms with Crippen LogP contribution in [0.4, 0.5) is 5.69 Å². The molecular weight excluding hydrogens is 286 g/mol. The molecular formula is C16H18ClN3O. The molecule has 2 atom stereocenters. The van der Waals surface area contributed by atoms with E-state index < -0.39 is 0 Å². The van der Waals surface area contributed by atoms with E-state index in [0.29, 0.717) is 10.7 Å². The molecule has 1 amide bonds. The van der Waals surface area contributed by atoms with Crippen molar-refractivity contribution in [3.63, 3.8) is 0 Å². The van der Waals surface area contributed by atoms with Crippen molar-refractivity contribution in [1.29, 1.82) is 0 Å². The molecule has 1 aromatic heterocycles. The molecule has 4 nitrogen and oxygen atoms in total.